The molecule has 4 atom stereocenters. The standard InChI is InChI=1S/C24H25BrN2O8/c25-6-2-1-3-14(29)27-12-5-4-9-7-10-16(21(32)15(9)20(12)31)22(33)17-11(19(10)30)8-13(28)18(23(17)34)24(26)35/h4-5,10-11,17,19,30-32,34H,1-3,6-8H2,(H2,26,35)(H,27,29)/t10?,11?,17?,19-/m0/s1. The number of nitrogens with two attached hydrogens (primary N) is 1. The molecule has 0 spiro atoms. The van der Waals surface area contributed by atoms with E-state index >= 15 is 0 Å². The summed E-state index contributed by atoms with van der Waals surface area (Å²) in [5.74, 6) is -8.18. The summed E-state index contributed by atoms with van der Waals surface area (Å²) in [5, 5.41) is 46.9. The Kier molecular flexibility index (Phi) is 6.74. The van der Waals surface area contributed by atoms with Gasteiger partial charge in [0.1, 0.15) is 22.8 Å². The largest absolute Gasteiger partial charge is 0.511 e. The summed E-state index contributed by atoms with van der Waals surface area (Å²) in [6.07, 6.45) is 0.0925. The number of hydrogen-bond donors (Lipinski definition) is 6. The SMILES string of the molecule is NC(=O)C1=C(O)C2C(=O)C3=C(O)c4c(ccc(NC(=O)CCCCBr)c4O)CC3[C@H](O)C2CC1=O. The molecule has 10 nitrogen and oxygen atoms in total. The van der Waals surface area contributed by atoms with Crippen LogP contribution in [0.25, 0.3) is 5.76 Å². The van der Waals surface area contributed by atoms with E-state index in [2.05, 4.69) is 21.2 Å². The number of ketones is 2. The fraction of sp³-hybridized carbons (Fsp3) is 0.417. The van der Waals surface area contributed by atoms with E-state index in [1.807, 2.05) is 0 Å². The summed E-state index contributed by atoms with van der Waals surface area (Å²) >= 11 is 3.29. The Hall–Kier alpha value is -3.18. The third-order valence-electron chi connectivity index (χ3n) is 6.95. The second-order valence-corrected chi connectivity index (χ2v) is 9.80. The Morgan fingerprint density at radius 3 is 2.49 bits per heavy atom. The van der Waals surface area contributed by atoms with Crippen LogP contribution in [0.4, 0.5) is 5.69 Å². The number of halogens is 1. The van der Waals surface area contributed by atoms with Crippen molar-refractivity contribution in [1.82, 2.24) is 0 Å². The van der Waals surface area contributed by atoms with Crippen LogP contribution in [-0.2, 0) is 25.6 Å². The van der Waals surface area contributed by atoms with E-state index in [4.69, 9.17) is 5.73 Å². The number of carbonyl (C=O) groups excluding carboxylic acids is 4. The van der Waals surface area contributed by atoms with Gasteiger partial charge in [-0.2, -0.15) is 0 Å². The second kappa shape index (κ2) is 9.46. The molecule has 7 N–H and O–H groups in total. The number of aromatic hydroxyl groups is 1. The molecule has 0 heterocycles. The van der Waals surface area contributed by atoms with Crippen LogP contribution in [0.5, 0.6) is 5.75 Å². The van der Waals surface area contributed by atoms with Gasteiger partial charge < -0.3 is 31.5 Å². The van der Waals surface area contributed by atoms with E-state index in [0.29, 0.717) is 12.0 Å². The number of aliphatic hydroxyl groups excluding tert-OH is 3. The first kappa shape index (κ1) is 24.9. The van der Waals surface area contributed by atoms with Crippen molar-refractivity contribution in [3.8, 4) is 5.75 Å². The average Bonchev–Trinajstić information content (AvgIpc) is 2.78. The molecular weight excluding hydrogens is 524 g/mol. The summed E-state index contributed by atoms with van der Waals surface area (Å²) in [6, 6.07) is 3.06. The van der Waals surface area contributed by atoms with E-state index in [-0.39, 0.29) is 42.0 Å². The molecule has 3 unspecified atom stereocenters. The lowest BCUT2D eigenvalue weighted by molar-refractivity contribution is -0.133. The van der Waals surface area contributed by atoms with E-state index in [0.717, 1.165) is 11.8 Å². The molecule has 3 aliphatic carbocycles. The number of allylic oxidation sites excluding steroid dienone is 1. The van der Waals surface area contributed by atoms with Crippen LogP contribution in [0.1, 0.15) is 36.8 Å². The van der Waals surface area contributed by atoms with Crippen molar-refractivity contribution < 1.29 is 39.6 Å². The Bertz CT molecular complexity index is 1200. The molecule has 0 aromatic heterocycles. The Morgan fingerprint density at radius 1 is 1.11 bits per heavy atom. The Labute approximate surface area is 208 Å². The van der Waals surface area contributed by atoms with Gasteiger partial charge in [-0.3, -0.25) is 19.2 Å². The summed E-state index contributed by atoms with van der Waals surface area (Å²) in [4.78, 5) is 49.7. The molecule has 186 valence electrons. The van der Waals surface area contributed by atoms with Gasteiger partial charge in [0.05, 0.1) is 23.3 Å². The van der Waals surface area contributed by atoms with Gasteiger partial charge in [-0.1, -0.05) is 22.0 Å². The number of carbonyl (C=O) groups is 4. The maximum absolute atomic E-state index is 13.4. The summed E-state index contributed by atoms with van der Waals surface area (Å²) in [5.41, 5.74) is 4.74. The lowest BCUT2D eigenvalue weighted by Crippen LogP contribution is -2.52. The second-order valence-electron chi connectivity index (χ2n) is 9.01. The third kappa shape index (κ3) is 4.12. The van der Waals surface area contributed by atoms with Crippen LogP contribution in [0.2, 0.25) is 0 Å². The quantitative estimate of drug-likeness (QED) is 0.134. The van der Waals surface area contributed by atoms with Crippen molar-refractivity contribution in [3.05, 3.63) is 40.2 Å². The van der Waals surface area contributed by atoms with Gasteiger partial charge in [0.25, 0.3) is 5.91 Å². The normalized spacial score (nSPS) is 25.7. The van der Waals surface area contributed by atoms with Crippen LogP contribution in [0.15, 0.2) is 29.0 Å². The lowest BCUT2D eigenvalue weighted by Gasteiger charge is -2.44. The van der Waals surface area contributed by atoms with Crippen LogP contribution in [0.3, 0.4) is 0 Å². The van der Waals surface area contributed by atoms with Gasteiger partial charge in [-0.05, 0) is 30.9 Å². The maximum atomic E-state index is 13.4. The number of benzene rings is 1. The summed E-state index contributed by atoms with van der Waals surface area (Å²) in [7, 11) is 0. The summed E-state index contributed by atoms with van der Waals surface area (Å²) in [6.45, 7) is 0. The number of Topliss-reactive ketones (excluding diaryl/α,β-unsaturated/α-hetero) is 2. The molecule has 0 saturated heterocycles. The van der Waals surface area contributed by atoms with Gasteiger partial charge in [0.2, 0.25) is 5.91 Å². The first-order valence-electron chi connectivity index (χ1n) is 11.2. The van der Waals surface area contributed by atoms with Crippen molar-refractivity contribution in [2.75, 3.05) is 10.6 Å². The molecule has 1 aromatic carbocycles. The van der Waals surface area contributed by atoms with Crippen molar-refractivity contribution in [3.63, 3.8) is 0 Å². The van der Waals surface area contributed by atoms with E-state index in [9.17, 15) is 39.6 Å². The lowest BCUT2D eigenvalue weighted by atomic mass is 9.60. The van der Waals surface area contributed by atoms with Gasteiger partial charge in [-0.25, -0.2) is 0 Å². The van der Waals surface area contributed by atoms with Gasteiger partial charge >= 0.3 is 0 Å². The van der Waals surface area contributed by atoms with E-state index < -0.39 is 64.2 Å². The predicted octanol–water partition coefficient (Wildman–Crippen LogP) is 1.78. The molecule has 1 fully saturated rings. The molecule has 0 aliphatic heterocycles. The van der Waals surface area contributed by atoms with Crippen molar-refractivity contribution in [2.24, 2.45) is 23.5 Å². The number of phenols is 1. The zero-order chi connectivity index (χ0) is 25.6. The molecule has 3 aliphatic rings. The van der Waals surface area contributed by atoms with Gasteiger partial charge in [-0.15, -0.1) is 0 Å². The highest BCUT2D eigenvalue weighted by Gasteiger charge is 2.55. The highest BCUT2D eigenvalue weighted by Crippen LogP contribution is 2.51. The fourth-order valence-electron chi connectivity index (χ4n) is 5.30. The number of unbranched alkanes of at least 4 members (excludes halogenated alkanes) is 1. The predicted molar refractivity (Wildman–Crippen MR) is 128 cm³/mol. The monoisotopic (exact) mass is 548 g/mol. The Balaban J connectivity index is 1.75. The Morgan fingerprint density at radius 2 is 1.83 bits per heavy atom. The minimum atomic E-state index is -1.43. The number of aliphatic hydroxyl groups is 3. The summed E-state index contributed by atoms with van der Waals surface area (Å²) < 4.78 is 0. The number of hydrogen-bond acceptors (Lipinski definition) is 8. The highest BCUT2D eigenvalue weighted by molar-refractivity contribution is 9.09. The van der Waals surface area contributed by atoms with Crippen LogP contribution in [-0.4, -0.2) is 55.2 Å². The molecule has 1 saturated carbocycles. The van der Waals surface area contributed by atoms with Crippen LogP contribution < -0.4 is 11.1 Å². The maximum Gasteiger partial charge on any atom is 0.255 e. The number of primary amides is 1. The van der Waals surface area contributed by atoms with Crippen molar-refractivity contribution >= 4 is 50.8 Å². The van der Waals surface area contributed by atoms with E-state index in [1.54, 1.807) is 6.07 Å². The van der Waals surface area contributed by atoms with Gasteiger partial charge in [0.15, 0.2) is 11.6 Å². The smallest absolute Gasteiger partial charge is 0.255 e. The van der Waals surface area contributed by atoms with E-state index in [1.165, 1.54) is 6.07 Å². The number of anilines is 1. The number of alkyl halides is 1. The number of fused-ring (bicyclic) bond motifs is 3. The number of phenolic OH excluding ortho intramolecular Hbond substituents is 1. The number of amides is 2. The number of nitrogens with one attached hydrogen (secondary N) is 1. The molecule has 4 rings (SSSR count). The molecule has 0 bridgehead atoms. The third-order valence-corrected chi connectivity index (χ3v) is 7.51. The first-order chi connectivity index (χ1) is 16.6. The average molecular weight is 549 g/mol. The van der Waals surface area contributed by atoms with Gasteiger partial charge in [0, 0.05) is 35.6 Å². The van der Waals surface area contributed by atoms with Crippen molar-refractivity contribution in [1.29, 1.82) is 0 Å². The van der Waals surface area contributed by atoms with Crippen molar-refractivity contribution in [2.45, 2.75) is 38.2 Å². The molecule has 1 aromatic rings. The minimum Gasteiger partial charge on any atom is -0.511 e. The minimum absolute atomic E-state index is 0.0565. The molecule has 2 amide bonds. The topological polar surface area (TPSA) is 187 Å². The van der Waals surface area contributed by atoms with Crippen LogP contribution in [0, 0.1) is 17.8 Å². The molecule has 0 radical (unpaired) electrons. The number of rotatable bonds is 6. The molecular formula is C24H25BrN2O8. The molecule has 35 heavy (non-hydrogen) atoms. The molecule has 11 heteroatoms. The highest BCUT2D eigenvalue weighted by atomic mass is 79.9. The fourth-order valence-corrected chi connectivity index (χ4v) is 5.70. The first-order valence-corrected chi connectivity index (χ1v) is 12.3. The van der Waals surface area contributed by atoms with Crippen LogP contribution >= 0.6 is 15.9 Å². The zero-order valence-electron chi connectivity index (χ0n) is 18.6. The zero-order valence-corrected chi connectivity index (χ0v) is 20.2.